The van der Waals surface area contributed by atoms with Gasteiger partial charge in [0.1, 0.15) is 4.88 Å². The molecule has 3 rings (SSSR count). The minimum atomic E-state index is -0.422. The molecule has 2 heterocycles. The third-order valence-electron chi connectivity index (χ3n) is 4.47. The summed E-state index contributed by atoms with van der Waals surface area (Å²) < 4.78 is 10.6. The number of thiophene rings is 1. The van der Waals surface area contributed by atoms with E-state index in [0.29, 0.717) is 23.2 Å². The summed E-state index contributed by atoms with van der Waals surface area (Å²) in [7, 11) is 1.34. The first kappa shape index (κ1) is 16.4. The van der Waals surface area contributed by atoms with E-state index in [0.717, 1.165) is 38.8 Å². The molecule has 1 saturated heterocycles. The van der Waals surface area contributed by atoms with Gasteiger partial charge in [0.25, 0.3) is 0 Å². The molecule has 7 heteroatoms. The summed E-state index contributed by atoms with van der Waals surface area (Å²) in [6.07, 6.45) is 4.54. The van der Waals surface area contributed by atoms with E-state index in [4.69, 9.17) is 9.47 Å². The minimum absolute atomic E-state index is 0.0962. The van der Waals surface area contributed by atoms with Crippen molar-refractivity contribution in [2.75, 3.05) is 32.1 Å². The molecule has 0 aromatic carbocycles. The van der Waals surface area contributed by atoms with Gasteiger partial charge in [0.15, 0.2) is 0 Å². The number of hydrogen-bond donors (Lipinski definition) is 1. The summed E-state index contributed by atoms with van der Waals surface area (Å²) in [4.78, 5) is 26.7. The van der Waals surface area contributed by atoms with Crippen LogP contribution in [-0.4, -0.2) is 55.7 Å². The van der Waals surface area contributed by atoms with Gasteiger partial charge in [-0.15, -0.1) is 11.3 Å². The molecule has 126 valence electrons. The van der Waals surface area contributed by atoms with Crippen LogP contribution in [0.1, 0.15) is 35.4 Å². The van der Waals surface area contributed by atoms with Crippen molar-refractivity contribution in [3.63, 3.8) is 0 Å². The Morgan fingerprint density at radius 1 is 1.43 bits per heavy atom. The van der Waals surface area contributed by atoms with Crippen LogP contribution in [0.15, 0.2) is 11.4 Å². The molecular formula is C16H22N2O4S. The Morgan fingerprint density at radius 2 is 2.30 bits per heavy atom. The monoisotopic (exact) mass is 338 g/mol. The van der Waals surface area contributed by atoms with Crippen LogP contribution in [0.5, 0.6) is 0 Å². The van der Waals surface area contributed by atoms with E-state index in [9.17, 15) is 9.59 Å². The fraction of sp³-hybridized carbons (Fsp3) is 0.625. The first-order chi connectivity index (χ1) is 11.2. The highest BCUT2D eigenvalue weighted by molar-refractivity contribution is 7.12. The summed E-state index contributed by atoms with van der Waals surface area (Å²) >= 11 is 1.27. The number of anilines is 1. The van der Waals surface area contributed by atoms with Crippen molar-refractivity contribution >= 4 is 28.9 Å². The zero-order chi connectivity index (χ0) is 16.2. The fourth-order valence-electron chi connectivity index (χ4n) is 3.42. The summed E-state index contributed by atoms with van der Waals surface area (Å²) in [5.74, 6) is -0.518. The van der Waals surface area contributed by atoms with Gasteiger partial charge in [0.05, 0.1) is 25.4 Å². The van der Waals surface area contributed by atoms with Crippen LogP contribution in [0.25, 0.3) is 0 Å². The number of hydrogen-bond acceptors (Lipinski definition) is 6. The zero-order valence-corrected chi connectivity index (χ0v) is 14.1. The minimum Gasteiger partial charge on any atom is -0.465 e. The molecule has 0 bridgehead atoms. The second-order valence-electron chi connectivity index (χ2n) is 5.93. The molecule has 0 radical (unpaired) electrons. The van der Waals surface area contributed by atoms with Gasteiger partial charge in [-0.25, -0.2) is 4.79 Å². The predicted molar refractivity (Wildman–Crippen MR) is 87.9 cm³/mol. The van der Waals surface area contributed by atoms with Crippen LogP contribution in [0.4, 0.5) is 5.69 Å². The summed E-state index contributed by atoms with van der Waals surface area (Å²) in [6.45, 7) is 1.99. The number of nitrogens with zero attached hydrogens (tertiary/aromatic N) is 1. The van der Waals surface area contributed by atoms with Crippen molar-refractivity contribution in [2.24, 2.45) is 0 Å². The molecule has 23 heavy (non-hydrogen) atoms. The zero-order valence-electron chi connectivity index (χ0n) is 13.2. The fourth-order valence-corrected chi connectivity index (χ4v) is 4.18. The Morgan fingerprint density at radius 3 is 3.13 bits per heavy atom. The maximum absolute atomic E-state index is 12.4. The average molecular weight is 338 g/mol. The SMILES string of the molecule is COC(=O)c1sccc1NC(=O)CN1CCCOC2CCCC21. The van der Waals surface area contributed by atoms with Gasteiger partial charge in [-0.2, -0.15) is 0 Å². The molecular weight excluding hydrogens is 316 g/mol. The maximum Gasteiger partial charge on any atom is 0.350 e. The molecule has 2 aliphatic rings. The lowest BCUT2D eigenvalue weighted by Gasteiger charge is -2.29. The lowest BCUT2D eigenvalue weighted by Crippen LogP contribution is -2.44. The van der Waals surface area contributed by atoms with Crippen LogP contribution >= 0.6 is 11.3 Å². The Bertz CT molecular complexity index is 574. The number of rotatable bonds is 4. The normalized spacial score (nSPS) is 24.7. The van der Waals surface area contributed by atoms with Crippen molar-refractivity contribution in [2.45, 2.75) is 37.8 Å². The Labute approximate surface area is 139 Å². The Kier molecular flexibility index (Phi) is 5.30. The van der Waals surface area contributed by atoms with Crippen LogP contribution < -0.4 is 5.32 Å². The third-order valence-corrected chi connectivity index (χ3v) is 5.36. The van der Waals surface area contributed by atoms with E-state index in [1.54, 1.807) is 11.4 Å². The summed E-state index contributed by atoms with van der Waals surface area (Å²) in [6, 6.07) is 2.07. The predicted octanol–water partition coefficient (Wildman–Crippen LogP) is 2.12. The van der Waals surface area contributed by atoms with Crippen LogP contribution in [0, 0.1) is 0 Å². The average Bonchev–Trinajstić information content (AvgIpc) is 3.15. The molecule has 6 nitrogen and oxygen atoms in total. The van der Waals surface area contributed by atoms with E-state index in [2.05, 4.69) is 10.2 Å². The van der Waals surface area contributed by atoms with Crippen LogP contribution in [0.3, 0.4) is 0 Å². The molecule has 2 atom stereocenters. The Hall–Kier alpha value is -1.44. The number of amides is 1. The second kappa shape index (κ2) is 7.42. The molecule has 1 saturated carbocycles. The van der Waals surface area contributed by atoms with Crippen molar-refractivity contribution < 1.29 is 19.1 Å². The number of nitrogens with one attached hydrogen (secondary N) is 1. The second-order valence-corrected chi connectivity index (χ2v) is 6.85. The van der Waals surface area contributed by atoms with Crippen LogP contribution in [0.2, 0.25) is 0 Å². The van der Waals surface area contributed by atoms with Gasteiger partial charge >= 0.3 is 5.97 Å². The van der Waals surface area contributed by atoms with Gasteiger partial charge in [0, 0.05) is 19.2 Å². The molecule has 1 aliphatic carbocycles. The molecule has 1 N–H and O–H groups in total. The molecule has 1 amide bonds. The summed E-state index contributed by atoms with van der Waals surface area (Å²) in [5, 5.41) is 4.61. The first-order valence-corrected chi connectivity index (χ1v) is 8.88. The van der Waals surface area contributed by atoms with E-state index in [-0.39, 0.29) is 12.0 Å². The van der Waals surface area contributed by atoms with E-state index < -0.39 is 5.97 Å². The standard InChI is InChI=1S/C16H22N2O4S/c1-21-16(20)15-11(6-9-23-15)17-14(19)10-18-7-3-8-22-13-5-2-4-12(13)18/h6,9,12-13H,2-5,7-8,10H2,1H3,(H,17,19). The van der Waals surface area contributed by atoms with Gasteiger partial charge in [-0.1, -0.05) is 0 Å². The van der Waals surface area contributed by atoms with Crippen molar-refractivity contribution in [3.05, 3.63) is 16.3 Å². The van der Waals surface area contributed by atoms with Gasteiger partial charge < -0.3 is 14.8 Å². The topological polar surface area (TPSA) is 67.9 Å². The Balaban J connectivity index is 1.62. The molecule has 1 aromatic heterocycles. The van der Waals surface area contributed by atoms with Crippen LogP contribution in [-0.2, 0) is 14.3 Å². The quantitative estimate of drug-likeness (QED) is 0.852. The van der Waals surface area contributed by atoms with Crippen molar-refractivity contribution in [1.29, 1.82) is 0 Å². The van der Waals surface area contributed by atoms with Gasteiger partial charge in [0.2, 0.25) is 5.91 Å². The van der Waals surface area contributed by atoms with E-state index >= 15 is 0 Å². The largest absolute Gasteiger partial charge is 0.465 e. The lowest BCUT2D eigenvalue weighted by molar-refractivity contribution is -0.118. The number of carbonyl (C=O) groups excluding carboxylic acids is 2. The number of methoxy groups -OCH3 is 1. The highest BCUT2D eigenvalue weighted by Crippen LogP contribution is 2.29. The number of carbonyl (C=O) groups is 2. The molecule has 0 spiro atoms. The van der Waals surface area contributed by atoms with Crippen molar-refractivity contribution in [1.82, 2.24) is 4.90 Å². The smallest absolute Gasteiger partial charge is 0.350 e. The molecule has 1 aliphatic heterocycles. The molecule has 2 fully saturated rings. The van der Waals surface area contributed by atoms with E-state index in [1.165, 1.54) is 18.4 Å². The maximum atomic E-state index is 12.4. The molecule has 2 unspecified atom stereocenters. The number of esters is 1. The van der Waals surface area contributed by atoms with Crippen molar-refractivity contribution in [3.8, 4) is 0 Å². The van der Waals surface area contributed by atoms with Gasteiger partial charge in [-0.05, 0) is 37.1 Å². The van der Waals surface area contributed by atoms with Gasteiger partial charge in [-0.3, -0.25) is 9.69 Å². The molecule has 1 aromatic rings. The summed E-state index contributed by atoms with van der Waals surface area (Å²) in [5.41, 5.74) is 0.529. The van der Waals surface area contributed by atoms with E-state index in [1.807, 2.05) is 0 Å². The first-order valence-electron chi connectivity index (χ1n) is 8.00. The lowest BCUT2D eigenvalue weighted by atomic mass is 10.1. The highest BCUT2D eigenvalue weighted by Gasteiger charge is 2.35. The number of ether oxygens (including phenoxy) is 2. The third kappa shape index (κ3) is 3.73. The highest BCUT2D eigenvalue weighted by atomic mass is 32.1. The number of fused-ring (bicyclic) bond motifs is 1.